The fourth-order valence-corrected chi connectivity index (χ4v) is 3.40. The molecular weight excluding hydrogens is 304 g/mol. The van der Waals surface area contributed by atoms with Crippen molar-refractivity contribution in [2.24, 2.45) is 0 Å². The van der Waals surface area contributed by atoms with E-state index in [0.29, 0.717) is 6.04 Å². The second-order valence-corrected chi connectivity index (χ2v) is 6.00. The van der Waals surface area contributed by atoms with E-state index < -0.39 is 0 Å². The Morgan fingerprint density at radius 1 is 1.42 bits per heavy atom. The first kappa shape index (κ1) is 13.0. The van der Waals surface area contributed by atoms with Crippen molar-refractivity contribution in [3.63, 3.8) is 0 Å². The zero-order chi connectivity index (χ0) is 13.2. The molecule has 1 aliphatic rings. The normalized spacial score (nSPS) is 20.2. The van der Waals surface area contributed by atoms with Crippen molar-refractivity contribution in [2.75, 3.05) is 13.2 Å². The Balaban J connectivity index is 1.96. The van der Waals surface area contributed by atoms with E-state index in [1.807, 2.05) is 12.3 Å². The van der Waals surface area contributed by atoms with Gasteiger partial charge < -0.3 is 5.11 Å². The zero-order valence-electron chi connectivity index (χ0n) is 10.7. The fraction of sp³-hybridized carbons (Fsp3) is 0.400. The van der Waals surface area contributed by atoms with Gasteiger partial charge in [-0.05, 0) is 43.1 Å². The van der Waals surface area contributed by atoms with Crippen molar-refractivity contribution in [3.05, 3.63) is 40.5 Å². The third-order valence-electron chi connectivity index (χ3n) is 3.83. The van der Waals surface area contributed by atoms with Gasteiger partial charge in [0, 0.05) is 28.6 Å². The number of rotatable bonds is 3. The summed E-state index contributed by atoms with van der Waals surface area (Å²) in [6.45, 7) is 2.17. The molecule has 1 fully saturated rings. The molecule has 1 aromatic heterocycles. The number of aliphatic hydroxyl groups is 1. The van der Waals surface area contributed by atoms with Crippen LogP contribution in [0, 0.1) is 0 Å². The molecule has 0 saturated carbocycles. The summed E-state index contributed by atoms with van der Waals surface area (Å²) in [5.41, 5.74) is 2.29. The van der Waals surface area contributed by atoms with Crippen molar-refractivity contribution >= 4 is 26.8 Å². The van der Waals surface area contributed by atoms with E-state index in [-0.39, 0.29) is 6.61 Å². The van der Waals surface area contributed by atoms with Crippen molar-refractivity contribution in [1.82, 2.24) is 9.88 Å². The molecule has 2 heterocycles. The number of likely N-dealkylation sites (tertiary alicyclic amines) is 1. The molecule has 0 spiro atoms. The molecule has 0 amide bonds. The Morgan fingerprint density at radius 3 is 3.16 bits per heavy atom. The summed E-state index contributed by atoms with van der Waals surface area (Å²) in [6.07, 6.45) is 4.10. The Bertz CT molecular complexity index is 587. The molecule has 4 heteroatoms. The van der Waals surface area contributed by atoms with Gasteiger partial charge >= 0.3 is 0 Å². The Kier molecular flexibility index (Phi) is 3.82. The van der Waals surface area contributed by atoms with Crippen LogP contribution >= 0.6 is 15.9 Å². The van der Waals surface area contributed by atoms with Crippen LogP contribution in [0.3, 0.4) is 0 Å². The van der Waals surface area contributed by atoms with Crippen LogP contribution in [0.2, 0.25) is 0 Å². The molecule has 0 bridgehead atoms. The molecule has 2 aromatic rings. The van der Waals surface area contributed by atoms with Crippen molar-refractivity contribution in [2.45, 2.75) is 25.4 Å². The van der Waals surface area contributed by atoms with Gasteiger partial charge in [0.2, 0.25) is 0 Å². The number of pyridine rings is 1. The van der Waals surface area contributed by atoms with Crippen molar-refractivity contribution in [3.8, 4) is 0 Å². The average Bonchev–Trinajstić information content (AvgIpc) is 2.86. The minimum atomic E-state index is 0.249. The summed E-state index contributed by atoms with van der Waals surface area (Å²) in [6, 6.07) is 8.59. The van der Waals surface area contributed by atoms with Crippen LogP contribution in [-0.2, 0) is 6.54 Å². The quantitative estimate of drug-likeness (QED) is 0.944. The lowest BCUT2D eigenvalue weighted by molar-refractivity contribution is 0.154. The maximum absolute atomic E-state index is 9.42. The van der Waals surface area contributed by atoms with Gasteiger partial charge in [0.25, 0.3) is 0 Å². The van der Waals surface area contributed by atoms with E-state index in [1.54, 1.807) is 0 Å². The number of benzene rings is 1. The fourth-order valence-electron chi connectivity index (χ4n) is 2.88. The molecule has 19 heavy (non-hydrogen) atoms. The van der Waals surface area contributed by atoms with Crippen molar-refractivity contribution in [1.29, 1.82) is 0 Å². The minimum Gasteiger partial charge on any atom is -0.395 e. The lowest BCUT2D eigenvalue weighted by Gasteiger charge is -2.23. The highest BCUT2D eigenvalue weighted by molar-refractivity contribution is 9.10. The van der Waals surface area contributed by atoms with Crippen LogP contribution in [-0.4, -0.2) is 34.2 Å². The number of nitrogens with zero attached hydrogens (tertiary/aromatic N) is 2. The molecule has 1 aliphatic heterocycles. The number of aromatic nitrogens is 1. The molecule has 100 valence electrons. The maximum Gasteiger partial charge on any atom is 0.0747 e. The minimum absolute atomic E-state index is 0.249. The van der Waals surface area contributed by atoms with Gasteiger partial charge in [-0.3, -0.25) is 9.88 Å². The van der Waals surface area contributed by atoms with E-state index >= 15 is 0 Å². The van der Waals surface area contributed by atoms with Gasteiger partial charge in [0.1, 0.15) is 0 Å². The van der Waals surface area contributed by atoms with E-state index in [1.165, 1.54) is 12.0 Å². The van der Waals surface area contributed by atoms with Crippen LogP contribution in [0.1, 0.15) is 18.4 Å². The van der Waals surface area contributed by atoms with Crippen LogP contribution < -0.4 is 0 Å². The zero-order valence-corrected chi connectivity index (χ0v) is 12.3. The van der Waals surface area contributed by atoms with E-state index in [2.05, 4.69) is 44.0 Å². The molecule has 3 nitrogen and oxygen atoms in total. The summed E-state index contributed by atoms with van der Waals surface area (Å²) in [5, 5.41) is 10.6. The highest BCUT2D eigenvalue weighted by Crippen LogP contribution is 2.26. The second kappa shape index (κ2) is 5.57. The number of hydrogen-bond acceptors (Lipinski definition) is 3. The third kappa shape index (κ3) is 2.66. The topological polar surface area (TPSA) is 36.4 Å². The molecular formula is C15H17BrN2O. The van der Waals surface area contributed by atoms with E-state index in [0.717, 1.165) is 34.9 Å². The van der Waals surface area contributed by atoms with Gasteiger partial charge in [-0.25, -0.2) is 0 Å². The van der Waals surface area contributed by atoms with Gasteiger partial charge in [-0.2, -0.15) is 0 Å². The number of halogens is 1. The standard InChI is InChI=1S/C15H17BrN2O/c16-13-7-11-3-1-5-17-15(11)12(8-13)9-18-6-2-4-14(18)10-19/h1,3,5,7-8,14,19H,2,4,6,9-10H2/t14-/m1/s1. The van der Waals surface area contributed by atoms with Gasteiger partial charge in [-0.1, -0.05) is 22.0 Å². The first-order valence-corrected chi connectivity index (χ1v) is 7.45. The number of hydrogen-bond donors (Lipinski definition) is 1. The molecule has 0 unspecified atom stereocenters. The van der Waals surface area contributed by atoms with Crippen LogP contribution in [0.4, 0.5) is 0 Å². The SMILES string of the molecule is OC[C@H]1CCCN1Cc1cc(Br)cc2cccnc12. The third-order valence-corrected chi connectivity index (χ3v) is 4.29. The number of aliphatic hydroxyl groups excluding tert-OH is 1. The lowest BCUT2D eigenvalue weighted by Crippen LogP contribution is -2.31. The Morgan fingerprint density at radius 2 is 2.32 bits per heavy atom. The van der Waals surface area contributed by atoms with Gasteiger partial charge in [0.05, 0.1) is 12.1 Å². The summed E-state index contributed by atoms with van der Waals surface area (Å²) < 4.78 is 1.09. The first-order valence-electron chi connectivity index (χ1n) is 6.66. The predicted octanol–water partition coefficient (Wildman–Crippen LogP) is 2.95. The summed E-state index contributed by atoms with van der Waals surface area (Å²) in [4.78, 5) is 6.86. The average molecular weight is 321 g/mol. The first-order chi connectivity index (χ1) is 9.28. The highest BCUT2D eigenvalue weighted by Gasteiger charge is 2.24. The van der Waals surface area contributed by atoms with Gasteiger partial charge in [0.15, 0.2) is 0 Å². The second-order valence-electron chi connectivity index (χ2n) is 5.09. The summed E-state index contributed by atoms with van der Waals surface area (Å²) >= 11 is 3.57. The monoisotopic (exact) mass is 320 g/mol. The van der Waals surface area contributed by atoms with Crippen LogP contribution in [0.15, 0.2) is 34.9 Å². The Hall–Kier alpha value is -0.970. The predicted molar refractivity (Wildman–Crippen MR) is 80.0 cm³/mol. The summed E-state index contributed by atoms with van der Waals surface area (Å²) in [5.74, 6) is 0. The molecule has 0 aliphatic carbocycles. The maximum atomic E-state index is 9.42. The molecule has 1 aromatic carbocycles. The summed E-state index contributed by atoms with van der Waals surface area (Å²) in [7, 11) is 0. The highest BCUT2D eigenvalue weighted by atomic mass is 79.9. The molecule has 1 saturated heterocycles. The smallest absolute Gasteiger partial charge is 0.0747 e. The van der Waals surface area contributed by atoms with E-state index in [4.69, 9.17) is 0 Å². The van der Waals surface area contributed by atoms with E-state index in [9.17, 15) is 5.11 Å². The lowest BCUT2D eigenvalue weighted by atomic mass is 10.1. The van der Waals surface area contributed by atoms with Crippen molar-refractivity contribution < 1.29 is 5.11 Å². The molecule has 1 atom stereocenters. The van der Waals surface area contributed by atoms with Gasteiger partial charge in [-0.15, -0.1) is 0 Å². The number of fused-ring (bicyclic) bond motifs is 1. The molecule has 1 N–H and O–H groups in total. The molecule has 0 radical (unpaired) electrons. The Labute approximate surface area is 121 Å². The van der Waals surface area contributed by atoms with Crippen LogP contribution in [0.5, 0.6) is 0 Å². The molecule has 3 rings (SSSR count). The largest absolute Gasteiger partial charge is 0.395 e. The van der Waals surface area contributed by atoms with Crippen LogP contribution in [0.25, 0.3) is 10.9 Å².